The molecule has 1 aromatic carbocycles. The first-order chi connectivity index (χ1) is 11.2. The Morgan fingerprint density at radius 3 is 1.92 bits per heavy atom. The van der Waals surface area contributed by atoms with Crippen molar-refractivity contribution in [3.8, 4) is 0 Å². The van der Waals surface area contributed by atoms with Crippen molar-refractivity contribution >= 4 is 11.7 Å². The number of hydrogen-bond donors (Lipinski definition) is 2. The molecular weight excluding hydrogens is 354 g/mol. The largest absolute Gasteiger partial charge is 0.455 e. The van der Waals surface area contributed by atoms with E-state index >= 15 is 0 Å². The molecule has 1 rings (SSSR count). The van der Waals surface area contributed by atoms with Crippen LogP contribution >= 0.6 is 0 Å². The van der Waals surface area contributed by atoms with Crippen molar-refractivity contribution in [3.63, 3.8) is 0 Å². The average Bonchev–Trinajstić information content (AvgIpc) is 2.45. The smallest absolute Gasteiger partial charge is 0.350 e. The Bertz CT molecular complexity index is 635. The molecule has 0 spiro atoms. The quantitative estimate of drug-likeness (QED) is 0.791. The third kappa shape index (κ3) is 3.68. The predicted molar refractivity (Wildman–Crippen MR) is 79.4 cm³/mol. The second-order valence-electron chi connectivity index (χ2n) is 5.55. The highest BCUT2D eigenvalue weighted by Gasteiger charge is 2.71. The Morgan fingerprint density at radius 1 is 1.12 bits per heavy atom. The summed E-state index contributed by atoms with van der Waals surface area (Å²) in [6.07, 6.45) is -6.19. The number of benzene rings is 1. The summed E-state index contributed by atoms with van der Waals surface area (Å²) < 4.78 is 78.7. The standard InChI is InChI=1S/C15H18F6N2O2/c1-5-22-12(24)23(4)11-8(2)6-10(7-9(11)3)13(16,17)14(18,25)15(19,20)21/h6-7,25H,5H2,1-4H3,(H,22,24). The fourth-order valence-electron chi connectivity index (χ4n) is 2.41. The maximum absolute atomic E-state index is 14.0. The molecule has 0 radical (unpaired) electrons. The normalized spacial score (nSPS) is 14.8. The highest BCUT2D eigenvalue weighted by Crippen LogP contribution is 2.49. The third-order valence-electron chi connectivity index (χ3n) is 3.61. The fraction of sp³-hybridized carbons (Fsp3) is 0.533. The Balaban J connectivity index is 3.42. The van der Waals surface area contributed by atoms with E-state index in [1.165, 1.54) is 20.9 Å². The first-order valence-electron chi connectivity index (χ1n) is 7.17. The SMILES string of the molecule is CCNC(=O)N(C)c1c(C)cc(C(F)(F)C(O)(F)C(F)(F)F)cc1C. The number of nitrogens with zero attached hydrogens (tertiary/aromatic N) is 1. The van der Waals surface area contributed by atoms with E-state index in [0.29, 0.717) is 18.7 Å². The van der Waals surface area contributed by atoms with Gasteiger partial charge in [-0.25, -0.2) is 4.79 Å². The van der Waals surface area contributed by atoms with Gasteiger partial charge in [-0.3, -0.25) is 4.90 Å². The second-order valence-corrected chi connectivity index (χ2v) is 5.55. The molecule has 2 amide bonds. The van der Waals surface area contributed by atoms with E-state index in [1.807, 2.05) is 0 Å². The summed E-state index contributed by atoms with van der Waals surface area (Å²) in [7, 11) is 1.35. The maximum atomic E-state index is 14.0. The molecule has 0 saturated heterocycles. The molecule has 142 valence electrons. The second kappa shape index (κ2) is 6.74. The molecular formula is C15H18F6N2O2. The number of carbonyl (C=O) groups excluding carboxylic acids is 1. The lowest BCUT2D eigenvalue weighted by Crippen LogP contribution is -2.53. The van der Waals surface area contributed by atoms with Crippen molar-refractivity contribution in [2.45, 2.75) is 38.7 Å². The number of aryl methyl sites for hydroxylation is 2. The zero-order valence-corrected chi connectivity index (χ0v) is 13.9. The summed E-state index contributed by atoms with van der Waals surface area (Å²) in [5.74, 6) is -11.0. The number of alkyl halides is 6. The van der Waals surface area contributed by atoms with Gasteiger partial charge in [-0.1, -0.05) is 0 Å². The molecule has 10 heteroatoms. The summed E-state index contributed by atoms with van der Waals surface area (Å²) in [6.45, 7) is 4.53. The Labute approximate surface area is 140 Å². The van der Waals surface area contributed by atoms with E-state index < -0.39 is 29.5 Å². The van der Waals surface area contributed by atoms with Crippen LogP contribution < -0.4 is 10.2 Å². The van der Waals surface area contributed by atoms with Crippen molar-refractivity contribution in [1.82, 2.24) is 5.32 Å². The minimum atomic E-state index is -6.19. The Kier molecular flexibility index (Phi) is 5.68. The Morgan fingerprint density at radius 2 is 1.56 bits per heavy atom. The van der Waals surface area contributed by atoms with Gasteiger partial charge in [0.1, 0.15) is 0 Å². The number of urea groups is 1. The number of nitrogens with one attached hydrogen (secondary N) is 1. The minimum absolute atomic E-state index is 0.0152. The van der Waals surface area contributed by atoms with Crippen molar-refractivity contribution < 1.29 is 36.2 Å². The molecule has 0 aromatic heterocycles. The summed E-state index contributed by atoms with van der Waals surface area (Å²) in [5, 5.41) is 11.2. The highest BCUT2D eigenvalue weighted by molar-refractivity contribution is 5.93. The Hall–Kier alpha value is -1.97. The summed E-state index contributed by atoms with van der Waals surface area (Å²) in [5.41, 5.74) is -1.14. The van der Waals surface area contributed by atoms with Crippen LogP contribution in [0.15, 0.2) is 12.1 Å². The zero-order chi connectivity index (χ0) is 19.8. The summed E-state index contributed by atoms with van der Waals surface area (Å²) in [4.78, 5) is 12.9. The number of halogens is 6. The lowest BCUT2D eigenvalue weighted by atomic mass is 9.95. The molecule has 4 nitrogen and oxygen atoms in total. The molecule has 1 unspecified atom stereocenters. The number of anilines is 1. The van der Waals surface area contributed by atoms with Gasteiger partial charge in [0.25, 0.3) is 0 Å². The van der Waals surface area contributed by atoms with Crippen LogP contribution in [-0.2, 0) is 5.92 Å². The van der Waals surface area contributed by atoms with E-state index in [4.69, 9.17) is 5.11 Å². The lowest BCUT2D eigenvalue weighted by Gasteiger charge is -2.31. The minimum Gasteiger partial charge on any atom is -0.350 e. The van der Waals surface area contributed by atoms with Crippen LogP contribution in [0.4, 0.5) is 36.8 Å². The van der Waals surface area contributed by atoms with E-state index in [0.717, 1.165) is 4.90 Å². The monoisotopic (exact) mass is 372 g/mol. The van der Waals surface area contributed by atoms with E-state index in [1.54, 1.807) is 6.92 Å². The highest BCUT2D eigenvalue weighted by atomic mass is 19.4. The molecule has 0 bridgehead atoms. The first kappa shape index (κ1) is 21.1. The molecule has 2 N–H and O–H groups in total. The van der Waals surface area contributed by atoms with Crippen LogP contribution in [0, 0.1) is 13.8 Å². The van der Waals surface area contributed by atoms with Crippen molar-refractivity contribution in [1.29, 1.82) is 0 Å². The third-order valence-corrected chi connectivity index (χ3v) is 3.61. The van der Waals surface area contributed by atoms with Gasteiger partial charge < -0.3 is 10.4 Å². The van der Waals surface area contributed by atoms with Crippen LogP contribution in [0.3, 0.4) is 0 Å². The number of aliphatic hydroxyl groups is 1. The number of amides is 2. The van der Waals surface area contributed by atoms with Crippen molar-refractivity contribution in [2.24, 2.45) is 0 Å². The molecule has 1 atom stereocenters. The van der Waals surface area contributed by atoms with Crippen LogP contribution in [0.1, 0.15) is 23.6 Å². The van der Waals surface area contributed by atoms with E-state index in [-0.39, 0.29) is 16.8 Å². The van der Waals surface area contributed by atoms with Gasteiger partial charge in [-0.2, -0.15) is 26.3 Å². The summed E-state index contributed by atoms with van der Waals surface area (Å²) >= 11 is 0. The fourth-order valence-corrected chi connectivity index (χ4v) is 2.41. The van der Waals surface area contributed by atoms with Gasteiger partial charge in [-0.15, -0.1) is 0 Å². The van der Waals surface area contributed by atoms with Gasteiger partial charge in [0.2, 0.25) is 0 Å². The average molecular weight is 372 g/mol. The molecule has 1 aromatic rings. The van der Waals surface area contributed by atoms with Crippen molar-refractivity contribution in [3.05, 3.63) is 28.8 Å². The van der Waals surface area contributed by atoms with Gasteiger partial charge in [0.05, 0.1) is 5.69 Å². The van der Waals surface area contributed by atoms with Crippen LogP contribution in [0.2, 0.25) is 0 Å². The van der Waals surface area contributed by atoms with Crippen LogP contribution in [-0.4, -0.2) is 36.8 Å². The van der Waals surface area contributed by atoms with Gasteiger partial charge in [0.15, 0.2) is 0 Å². The first-order valence-corrected chi connectivity index (χ1v) is 7.17. The van der Waals surface area contributed by atoms with Crippen molar-refractivity contribution in [2.75, 3.05) is 18.5 Å². The molecule has 0 aliphatic carbocycles. The van der Waals surface area contributed by atoms with E-state index in [2.05, 4.69) is 5.32 Å². The van der Waals surface area contributed by atoms with Gasteiger partial charge >= 0.3 is 24.0 Å². The predicted octanol–water partition coefficient (Wildman–Crippen LogP) is 3.78. The number of carbonyl (C=O) groups is 1. The molecule has 0 heterocycles. The molecule has 25 heavy (non-hydrogen) atoms. The zero-order valence-electron chi connectivity index (χ0n) is 13.9. The molecule has 0 fully saturated rings. The number of rotatable bonds is 4. The van der Waals surface area contributed by atoms with Gasteiger partial charge in [-0.05, 0) is 44.0 Å². The van der Waals surface area contributed by atoms with Crippen LogP contribution in [0.5, 0.6) is 0 Å². The van der Waals surface area contributed by atoms with Gasteiger partial charge in [0, 0.05) is 19.2 Å². The molecule has 0 saturated carbocycles. The molecule has 0 aliphatic rings. The molecule has 0 aliphatic heterocycles. The lowest BCUT2D eigenvalue weighted by molar-refractivity contribution is -0.390. The van der Waals surface area contributed by atoms with Crippen LogP contribution in [0.25, 0.3) is 0 Å². The van der Waals surface area contributed by atoms with E-state index in [9.17, 15) is 31.1 Å². The maximum Gasteiger partial charge on any atom is 0.455 e. The number of hydrogen-bond acceptors (Lipinski definition) is 2. The summed E-state index contributed by atoms with van der Waals surface area (Å²) in [6, 6.07) is 0.661. The topological polar surface area (TPSA) is 52.6 Å².